The minimum Gasteiger partial charge on any atom is -0.471 e. The smallest absolute Gasteiger partial charge is 0.212 e. The van der Waals surface area contributed by atoms with Gasteiger partial charge in [0.05, 0.1) is 11.4 Å². The maximum Gasteiger partial charge on any atom is 0.212 e. The van der Waals surface area contributed by atoms with E-state index in [1.807, 2.05) is 20.0 Å². The van der Waals surface area contributed by atoms with Crippen molar-refractivity contribution in [2.45, 2.75) is 33.9 Å². The molecule has 1 N–H and O–H groups in total. The Balaban J connectivity index is 1.82. The molecule has 0 bridgehead atoms. The lowest BCUT2D eigenvalue weighted by molar-refractivity contribution is 0.275. The van der Waals surface area contributed by atoms with Gasteiger partial charge in [0, 0.05) is 25.0 Å². The van der Waals surface area contributed by atoms with E-state index in [0.717, 1.165) is 35.4 Å². The van der Waals surface area contributed by atoms with Crippen molar-refractivity contribution in [3.8, 4) is 5.88 Å². The lowest BCUT2D eigenvalue weighted by Crippen LogP contribution is -2.18. The van der Waals surface area contributed by atoms with E-state index in [4.69, 9.17) is 4.74 Å². The van der Waals surface area contributed by atoms with Crippen LogP contribution in [0.15, 0.2) is 11.4 Å². The first-order chi connectivity index (χ1) is 9.54. The van der Waals surface area contributed by atoms with E-state index in [1.165, 1.54) is 0 Å². The highest BCUT2D eigenvalue weighted by molar-refractivity contribution is 7.09. The largest absolute Gasteiger partial charge is 0.471 e. The Morgan fingerprint density at radius 1 is 1.45 bits per heavy atom. The van der Waals surface area contributed by atoms with Gasteiger partial charge in [-0.15, -0.1) is 11.3 Å². The highest BCUT2D eigenvalue weighted by Crippen LogP contribution is 2.15. The molecule has 110 valence electrons. The first-order valence-electron chi connectivity index (χ1n) is 6.82. The summed E-state index contributed by atoms with van der Waals surface area (Å²) in [5.41, 5.74) is 1.93. The molecule has 0 aromatic carbocycles. The summed E-state index contributed by atoms with van der Waals surface area (Å²) in [7, 11) is 1.88. The maximum absolute atomic E-state index is 5.72. The SMILES string of the molecule is Cc1cc(OCc2csc(CNCC(C)C)n2)n(C)n1. The Morgan fingerprint density at radius 3 is 2.90 bits per heavy atom. The average molecular weight is 294 g/mol. The van der Waals surface area contributed by atoms with E-state index in [0.29, 0.717) is 12.5 Å². The minimum atomic E-state index is 0.486. The second-order valence-corrected chi connectivity index (χ2v) is 6.24. The third-order valence-electron chi connectivity index (χ3n) is 2.76. The van der Waals surface area contributed by atoms with Crippen LogP contribution in [0.3, 0.4) is 0 Å². The second kappa shape index (κ2) is 6.85. The fourth-order valence-electron chi connectivity index (χ4n) is 1.83. The summed E-state index contributed by atoms with van der Waals surface area (Å²) in [5, 5.41) is 10.8. The highest BCUT2D eigenvalue weighted by atomic mass is 32.1. The number of thiazole rings is 1. The lowest BCUT2D eigenvalue weighted by Gasteiger charge is -2.05. The molecule has 2 aromatic rings. The van der Waals surface area contributed by atoms with E-state index >= 15 is 0 Å². The van der Waals surface area contributed by atoms with Crippen molar-refractivity contribution in [1.29, 1.82) is 0 Å². The Kier molecular flexibility index (Phi) is 5.14. The molecule has 0 aliphatic carbocycles. The summed E-state index contributed by atoms with van der Waals surface area (Å²) in [6, 6.07) is 1.93. The number of ether oxygens (including phenoxy) is 1. The molecule has 0 atom stereocenters. The van der Waals surface area contributed by atoms with Crippen LogP contribution in [0.1, 0.15) is 30.2 Å². The van der Waals surface area contributed by atoms with Gasteiger partial charge in [-0.3, -0.25) is 0 Å². The Morgan fingerprint density at radius 2 is 2.25 bits per heavy atom. The molecule has 2 rings (SSSR count). The fourth-order valence-corrected chi connectivity index (χ4v) is 2.58. The lowest BCUT2D eigenvalue weighted by atomic mass is 10.2. The van der Waals surface area contributed by atoms with Crippen LogP contribution in [-0.4, -0.2) is 21.3 Å². The van der Waals surface area contributed by atoms with Gasteiger partial charge in [-0.1, -0.05) is 13.8 Å². The van der Waals surface area contributed by atoms with Crippen molar-refractivity contribution >= 4 is 11.3 Å². The number of nitrogens with one attached hydrogen (secondary N) is 1. The van der Waals surface area contributed by atoms with Crippen LogP contribution in [0, 0.1) is 12.8 Å². The van der Waals surface area contributed by atoms with Crippen molar-refractivity contribution in [2.75, 3.05) is 6.54 Å². The zero-order chi connectivity index (χ0) is 14.5. The van der Waals surface area contributed by atoms with Crippen LogP contribution in [0.25, 0.3) is 0 Å². The molecule has 0 spiro atoms. The molecule has 0 saturated carbocycles. The van der Waals surface area contributed by atoms with E-state index < -0.39 is 0 Å². The molecule has 0 saturated heterocycles. The highest BCUT2D eigenvalue weighted by Gasteiger charge is 2.06. The molecule has 2 aromatic heterocycles. The quantitative estimate of drug-likeness (QED) is 0.852. The Bertz CT molecular complexity index is 547. The van der Waals surface area contributed by atoms with Crippen molar-refractivity contribution in [1.82, 2.24) is 20.1 Å². The molecule has 6 heteroatoms. The number of aromatic nitrogens is 3. The molecule has 0 radical (unpaired) electrons. The van der Waals surface area contributed by atoms with Gasteiger partial charge in [0.1, 0.15) is 11.6 Å². The van der Waals surface area contributed by atoms with Crippen LogP contribution >= 0.6 is 11.3 Å². The molecule has 0 amide bonds. The van der Waals surface area contributed by atoms with Crippen LogP contribution in [0.5, 0.6) is 5.88 Å². The van der Waals surface area contributed by atoms with Crippen LogP contribution in [0.2, 0.25) is 0 Å². The third kappa shape index (κ3) is 4.31. The van der Waals surface area contributed by atoms with Crippen molar-refractivity contribution in [3.05, 3.63) is 27.8 Å². The van der Waals surface area contributed by atoms with Gasteiger partial charge >= 0.3 is 0 Å². The molecular formula is C14H22N4OS. The molecule has 0 aliphatic heterocycles. The van der Waals surface area contributed by atoms with Gasteiger partial charge in [-0.05, 0) is 19.4 Å². The van der Waals surface area contributed by atoms with E-state index in [-0.39, 0.29) is 0 Å². The Labute approximate surface area is 124 Å². The molecular weight excluding hydrogens is 272 g/mol. The molecule has 2 heterocycles. The standard InChI is InChI=1S/C14H22N4OS/c1-10(2)6-15-7-13-16-12(9-20-13)8-19-14-5-11(3)17-18(14)4/h5,9-10,15H,6-8H2,1-4H3. The average Bonchev–Trinajstić information content (AvgIpc) is 2.93. The normalized spacial score (nSPS) is 11.2. The zero-order valence-electron chi connectivity index (χ0n) is 12.5. The predicted octanol–water partition coefficient (Wildman–Crippen LogP) is 2.51. The van der Waals surface area contributed by atoms with Crippen LogP contribution in [-0.2, 0) is 20.2 Å². The van der Waals surface area contributed by atoms with Gasteiger partial charge in [0.25, 0.3) is 0 Å². The molecule has 0 aliphatic rings. The van der Waals surface area contributed by atoms with Crippen molar-refractivity contribution in [2.24, 2.45) is 13.0 Å². The Hall–Kier alpha value is -1.40. The summed E-state index contributed by atoms with van der Waals surface area (Å²) >= 11 is 1.67. The first-order valence-corrected chi connectivity index (χ1v) is 7.70. The fraction of sp³-hybridized carbons (Fsp3) is 0.571. The number of aryl methyl sites for hydroxylation is 2. The third-order valence-corrected chi connectivity index (χ3v) is 3.65. The molecule has 20 heavy (non-hydrogen) atoms. The summed E-state index contributed by atoms with van der Waals surface area (Å²) in [5.74, 6) is 1.43. The number of hydrogen-bond donors (Lipinski definition) is 1. The zero-order valence-corrected chi connectivity index (χ0v) is 13.3. The molecule has 5 nitrogen and oxygen atoms in total. The molecule has 0 fully saturated rings. The summed E-state index contributed by atoms with van der Waals surface area (Å²) < 4.78 is 7.47. The van der Waals surface area contributed by atoms with Crippen molar-refractivity contribution < 1.29 is 4.74 Å². The summed E-state index contributed by atoms with van der Waals surface area (Å²) in [6.07, 6.45) is 0. The topological polar surface area (TPSA) is 52.0 Å². The van der Waals surface area contributed by atoms with Gasteiger partial charge < -0.3 is 10.1 Å². The van der Waals surface area contributed by atoms with Crippen LogP contribution < -0.4 is 10.1 Å². The van der Waals surface area contributed by atoms with E-state index in [1.54, 1.807) is 16.0 Å². The number of rotatable bonds is 7. The maximum atomic E-state index is 5.72. The number of hydrogen-bond acceptors (Lipinski definition) is 5. The van der Waals surface area contributed by atoms with Gasteiger partial charge in [0.2, 0.25) is 5.88 Å². The second-order valence-electron chi connectivity index (χ2n) is 5.29. The van der Waals surface area contributed by atoms with Crippen LogP contribution in [0.4, 0.5) is 0 Å². The van der Waals surface area contributed by atoms with E-state index in [2.05, 4.69) is 34.6 Å². The number of nitrogens with zero attached hydrogens (tertiary/aromatic N) is 3. The van der Waals surface area contributed by atoms with Crippen molar-refractivity contribution in [3.63, 3.8) is 0 Å². The summed E-state index contributed by atoms with van der Waals surface area (Å²) in [4.78, 5) is 4.56. The minimum absolute atomic E-state index is 0.486. The van der Waals surface area contributed by atoms with Gasteiger partial charge in [-0.25, -0.2) is 9.67 Å². The predicted molar refractivity (Wildman–Crippen MR) is 80.9 cm³/mol. The molecule has 0 unspecified atom stereocenters. The van der Waals surface area contributed by atoms with Gasteiger partial charge in [0.15, 0.2) is 0 Å². The monoisotopic (exact) mass is 294 g/mol. The first kappa shape index (κ1) is 15.0. The van der Waals surface area contributed by atoms with E-state index in [9.17, 15) is 0 Å². The summed E-state index contributed by atoms with van der Waals surface area (Å²) in [6.45, 7) is 8.68. The van der Waals surface area contributed by atoms with Gasteiger partial charge in [-0.2, -0.15) is 5.10 Å².